The van der Waals surface area contributed by atoms with Gasteiger partial charge in [-0.3, -0.25) is 0 Å². The van der Waals surface area contributed by atoms with Crippen LogP contribution in [0.1, 0.15) is 11.3 Å². The molecule has 120 valence electrons. The lowest BCUT2D eigenvalue weighted by Gasteiger charge is -2.09. The van der Waals surface area contributed by atoms with Gasteiger partial charge in [-0.25, -0.2) is 9.97 Å². The summed E-state index contributed by atoms with van der Waals surface area (Å²) < 4.78 is 40.7. The molecule has 0 aliphatic carbocycles. The van der Waals surface area contributed by atoms with Crippen LogP contribution < -0.4 is 5.73 Å². The summed E-state index contributed by atoms with van der Waals surface area (Å²) in [7, 11) is 0. The number of hydrogen-bond acceptors (Lipinski definition) is 4. The van der Waals surface area contributed by atoms with Crippen molar-refractivity contribution in [2.75, 3.05) is 5.73 Å². The highest BCUT2D eigenvalue weighted by Crippen LogP contribution is 2.38. The first-order valence-corrected chi connectivity index (χ1v) is 6.98. The number of nitrogens with two attached hydrogens (primary N) is 1. The molecule has 0 unspecified atom stereocenters. The molecule has 0 bridgehead atoms. The van der Waals surface area contributed by atoms with Crippen LogP contribution in [-0.2, 0) is 6.18 Å². The number of halogens is 5. The van der Waals surface area contributed by atoms with Crippen molar-refractivity contribution in [1.82, 2.24) is 19.7 Å². The number of pyridine rings is 2. The third kappa shape index (κ3) is 2.68. The summed E-state index contributed by atoms with van der Waals surface area (Å²) in [6, 6.07) is 2.31. The van der Waals surface area contributed by atoms with Crippen molar-refractivity contribution >= 4 is 40.1 Å². The first kappa shape index (κ1) is 15.8. The van der Waals surface area contributed by atoms with E-state index in [0.29, 0.717) is 0 Å². The smallest absolute Gasteiger partial charge is 0.383 e. The highest BCUT2D eigenvalue weighted by Gasteiger charge is 2.35. The molecular formula is C13H8Cl2F3N5. The van der Waals surface area contributed by atoms with E-state index in [4.69, 9.17) is 28.9 Å². The van der Waals surface area contributed by atoms with E-state index >= 15 is 0 Å². The van der Waals surface area contributed by atoms with E-state index in [0.717, 1.165) is 10.7 Å². The highest BCUT2D eigenvalue weighted by atomic mass is 35.5. The van der Waals surface area contributed by atoms with Crippen molar-refractivity contribution in [3.05, 3.63) is 39.6 Å². The molecule has 3 aromatic rings. The van der Waals surface area contributed by atoms with Gasteiger partial charge in [0, 0.05) is 11.9 Å². The molecule has 0 saturated heterocycles. The molecule has 5 nitrogen and oxygen atoms in total. The largest absolute Gasteiger partial charge is 0.417 e. The van der Waals surface area contributed by atoms with Gasteiger partial charge in [-0.15, -0.1) is 5.10 Å². The van der Waals surface area contributed by atoms with Gasteiger partial charge in [0.1, 0.15) is 5.82 Å². The first-order chi connectivity index (χ1) is 10.7. The Hall–Kier alpha value is -2.06. The highest BCUT2D eigenvalue weighted by molar-refractivity contribution is 6.35. The maximum Gasteiger partial charge on any atom is 0.417 e. The summed E-state index contributed by atoms with van der Waals surface area (Å²) in [5.74, 6) is -0.186. The van der Waals surface area contributed by atoms with Crippen molar-refractivity contribution in [2.24, 2.45) is 0 Å². The fourth-order valence-corrected chi connectivity index (χ4v) is 2.64. The van der Waals surface area contributed by atoms with Crippen molar-refractivity contribution in [3.63, 3.8) is 0 Å². The van der Waals surface area contributed by atoms with Gasteiger partial charge in [-0.05, 0) is 19.1 Å². The zero-order chi connectivity index (χ0) is 16.9. The summed E-state index contributed by atoms with van der Waals surface area (Å²) in [6.45, 7) is 1.44. The minimum Gasteiger partial charge on any atom is -0.383 e. The van der Waals surface area contributed by atoms with E-state index in [1.165, 1.54) is 19.2 Å². The monoisotopic (exact) mass is 361 g/mol. The Morgan fingerprint density at radius 3 is 2.52 bits per heavy atom. The van der Waals surface area contributed by atoms with Crippen LogP contribution in [-0.4, -0.2) is 19.7 Å². The standard InChI is InChI=1S/C13H8Cl2F3N5/c1-5-2-7(13(16,17)18)9-10(19)23(22-11(9)21-5)12-8(15)3-6(14)4-20-12/h2-4H,19H2,1H3. The number of nitrogens with zero attached hydrogens (tertiary/aromatic N) is 4. The van der Waals surface area contributed by atoms with Gasteiger partial charge in [-0.1, -0.05) is 23.2 Å². The minimum atomic E-state index is -4.59. The second kappa shape index (κ2) is 5.24. The normalized spacial score (nSPS) is 12.1. The van der Waals surface area contributed by atoms with Gasteiger partial charge in [0.15, 0.2) is 11.5 Å². The van der Waals surface area contributed by atoms with E-state index in [1.54, 1.807) is 0 Å². The molecule has 10 heteroatoms. The molecule has 0 radical (unpaired) electrons. The Morgan fingerprint density at radius 2 is 1.91 bits per heavy atom. The van der Waals surface area contributed by atoms with Gasteiger partial charge in [0.2, 0.25) is 0 Å². The lowest BCUT2D eigenvalue weighted by atomic mass is 10.1. The average Bonchev–Trinajstić information content (AvgIpc) is 2.74. The topological polar surface area (TPSA) is 69.6 Å². The first-order valence-electron chi connectivity index (χ1n) is 6.23. The second-order valence-corrected chi connectivity index (χ2v) is 5.61. The summed E-state index contributed by atoms with van der Waals surface area (Å²) in [4.78, 5) is 7.96. The maximum absolute atomic E-state index is 13.2. The van der Waals surface area contributed by atoms with E-state index < -0.39 is 11.7 Å². The zero-order valence-electron chi connectivity index (χ0n) is 11.5. The molecule has 0 aliphatic heterocycles. The lowest BCUT2D eigenvalue weighted by molar-refractivity contribution is -0.136. The average molecular weight is 362 g/mol. The van der Waals surface area contributed by atoms with Gasteiger partial charge in [-0.2, -0.15) is 17.9 Å². The number of hydrogen-bond donors (Lipinski definition) is 1. The number of rotatable bonds is 1. The van der Waals surface area contributed by atoms with Gasteiger partial charge in [0.05, 0.1) is 21.0 Å². The number of anilines is 1. The Bertz CT molecular complexity index is 920. The molecule has 3 rings (SSSR count). The summed E-state index contributed by atoms with van der Waals surface area (Å²) in [6.07, 6.45) is -3.30. The lowest BCUT2D eigenvalue weighted by Crippen LogP contribution is -2.08. The molecule has 0 fully saturated rings. The third-order valence-corrected chi connectivity index (χ3v) is 3.59. The summed E-state index contributed by atoms with van der Waals surface area (Å²) in [5, 5.41) is 4.08. The van der Waals surface area contributed by atoms with Crippen LogP contribution in [0.3, 0.4) is 0 Å². The quantitative estimate of drug-likeness (QED) is 0.710. The third-order valence-electron chi connectivity index (χ3n) is 3.10. The van der Waals surface area contributed by atoms with Gasteiger partial charge in [0.25, 0.3) is 0 Å². The molecule has 23 heavy (non-hydrogen) atoms. The number of alkyl halides is 3. The van der Waals surface area contributed by atoms with Crippen LogP contribution in [0.4, 0.5) is 19.0 Å². The van der Waals surface area contributed by atoms with Crippen molar-refractivity contribution in [1.29, 1.82) is 0 Å². The minimum absolute atomic E-state index is 0.0670. The number of aryl methyl sites for hydroxylation is 1. The van der Waals surface area contributed by atoms with Crippen LogP contribution >= 0.6 is 23.2 Å². The molecule has 0 spiro atoms. The number of aromatic nitrogens is 4. The van der Waals surface area contributed by atoms with Crippen LogP contribution in [0.25, 0.3) is 16.9 Å². The molecule has 0 atom stereocenters. The van der Waals surface area contributed by atoms with Gasteiger partial charge >= 0.3 is 6.18 Å². The molecule has 0 aliphatic rings. The molecule has 0 saturated carbocycles. The van der Waals surface area contributed by atoms with Crippen LogP contribution in [0.15, 0.2) is 18.3 Å². The Balaban J connectivity index is 2.35. The Morgan fingerprint density at radius 1 is 1.22 bits per heavy atom. The van der Waals surface area contributed by atoms with E-state index in [2.05, 4.69) is 15.1 Å². The Kier molecular flexibility index (Phi) is 3.61. The molecule has 3 heterocycles. The zero-order valence-corrected chi connectivity index (χ0v) is 13.0. The fraction of sp³-hybridized carbons (Fsp3) is 0.154. The van der Waals surface area contributed by atoms with Crippen molar-refractivity contribution in [2.45, 2.75) is 13.1 Å². The van der Waals surface area contributed by atoms with Crippen molar-refractivity contribution < 1.29 is 13.2 Å². The SMILES string of the molecule is Cc1cc(C(F)(F)F)c2c(N)n(-c3ncc(Cl)cc3Cl)nc2n1. The summed E-state index contributed by atoms with van der Waals surface area (Å²) in [5.41, 5.74) is 4.98. The Labute approximate surface area is 137 Å². The second-order valence-electron chi connectivity index (χ2n) is 4.76. The predicted molar refractivity (Wildman–Crippen MR) is 80.8 cm³/mol. The molecule has 3 aromatic heterocycles. The van der Waals surface area contributed by atoms with E-state index in [1.807, 2.05) is 0 Å². The van der Waals surface area contributed by atoms with Crippen LogP contribution in [0.5, 0.6) is 0 Å². The summed E-state index contributed by atoms with van der Waals surface area (Å²) >= 11 is 11.8. The molecule has 2 N–H and O–H groups in total. The maximum atomic E-state index is 13.2. The fourth-order valence-electron chi connectivity index (χ4n) is 2.18. The van der Waals surface area contributed by atoms with Crippen LogP contribution in [0, 0.1) is 6.92 Å². The van der Waals surface area contributed by atoms with E-state index in [-0.39, 0.29) is 38.4 Å². The predicted octanol–water partition coefficient (Wildman–Crippen LogP) is 4.03. The molecule has 0 amide bonds. The number of fused-ring (bicyclic) bond motifs is 1. The van der Waals surface area contributed by atoms with E-state index in [9.17, 15) is 13.2 Å². The van der Waals surface area contributed by atoms with Gasteiger partial charge < -0.3 is 5.73 Å². The number of nitrogen functional groups attached to an aromatic ring is 1. The van der Waals surface area contributed by atoms with Crippen molar-refractivity contribution in [3.8, 4) is 5.82 Å². The van der Waals surface area contributed by atoms with Crippen LogP contribution in [0.2, 0.25) is 10.0 Å². The molecule has 0 aromatic carbocycles. The molecular weight excluding hydrogens is 354 g/mol.